The van der Waals surface area contributed by atoms with Crippen LogP contribution in [0.15, 0.2) is 42.5 Å². The lowest BCUT2D eigenvalue weighted by Crippen LogP contribution is -2.12. The molecule has 0 N–H and O–H groups in total. The lowest BCUT2D eigenvalue weighted by molar-refractivity contribution is 0.509. The van der Waals surface area contributed by atoms with Gasteiger partial charge < -0.3 is 0 Å². The normalized spacial score (nSPS) is 12.4. The van der Waals surface area contributed by atoms with Crippen molar-refractivity contribution in [1.82, 2.24) is 0 Å². The molecule has 0 radical (unpaired) electrons. The zero-order valence-electron chi connectivity index (χ0n) is 10.8. The van der Waals surface area contributed by atoms with Crippen molar-refractivity contribution in [2.75, 3.05) is 5.33 Å². The summed E-state index contributed by atoms with van der Waals surface area (Å²) < 4.78 is 40.4. The van der Waals surface area contributed by atoms with Gasteiger partial charge in [0.25, 0.3) is 0 Å². The first-order chi connectivity index (χ1) is 9.60. The predicted octanol–water partition coefficient (Wildman–Crippen LogP) is 4.90. The quantitative estimate of drug-likeness (QED) is 0.678. The van der Waals surface area contributed by atoms with Crippen LogP contribution in [0.25, 0.3) is 0 Å². The Bertz CT molecular complexity index is 563. The molecule has 0 fully saturated rings. The Hall–Kier alpha value is -1.29. The fourth-order valence-corrected chi connectivity index (χ4v) is 2.65. The van der Waals surface area contributed by atoms with Gasteiger partial charge in [-0.15, -0.1) is 0 Å². The summed E-state index contributed by atoms with van der Waals surface area (Å²) in [5.41, 5.74) is 0.916. The lowest BCUT2D eigenvalue weighted by Gasteiger charge is -2.15. The highest BCUT2D eigenvalue weighted by Gasteiger charge is 2.15. The van der Waals surface area contributed by atoms with Crippen LogP contribution in [-0.4, -0.2) is 5.33 Å². The minimum atomic E-state index is -0.532. The van der Waals surface area contributed by atoms with E-state index in [9.17, 15) is 13.2 Å². The van der Waals surface area contributed by atoms with Gasteiger partial charge >= 0.3 is 0 Å². The Morgan fingerprint density at radius 3 is 2.15 bits per heavy atom. The number of alkyl halides is 1. The molecule has 1 atom stereocenters. The molecule has 106 valence electrons. The Morgan fingerprint density at radius 2 is 1.55 bits per heavy atom. The molecule has 0 bridgehead atoms. The van der Waals surface area contributed by atoms with E-state index in [4.69, 9.17) is 0 Å². The van der Waals surface area contributed by atoms with E-state index in [1.54, 1.807) is 6.07 Å². The van der Waals surface area contributed by atoms with Crippen LogP contribution in [0.3, 0.4) is 0 Å². The molecule has 20 heavy (non-hydrogen) atoms. The van der Waals surface area contributed by atoms with Gasteiger partial charge in [-0.1, -0.05) is 34.1 Å². The predicted molar refractivity (Wildman–Crippen MR) is 77.5 cm³/mol. The summed E-state index contributed by atoms with van der Waals surface area (Å²) in [7, 11) is 0. The minimum absolute atomic E-state index is 0.00296. The highest BCUT2D eigenvalue weighted by atomic mass is 79.9. The number of benzene rings is 2. The first-order valence-electron chi connectivity index (χ1n) is 6.33. The summed E-state index contributed by atoms with van der Waals surface area (Å²) in [6.07, 6.45) is 0.844. The standard InChI is InChI=1S/C16H14BrF3/c17-10-12(7-11-3-1-4-13(18)8-11)9-14-15(19)5-2-6-16(14)20/h1-6,8,12H,7,9-10H2. The number of hydrogen-bond acceptors (Lipinski definition) is 0. The van der Waals surface area contributed by atoms with Gasteiger partial charge in [-0.25, -0.2) is 13.2 Å². The molecule has 4 heteroatoms. The largest absolute Gasteiger partial charge is 0.207 e. The van der Waals surface area contributed by atoms with Crippen molar-refractivity contribution < 1.29 is 13.2 Å². The topological polar surface area (TPSA) is 0 Å². The third kappa shape index (κ3) is 3.85. The molecular formula is C16H14BrF3. The third-order valence-electron chi connectivity index (χ3n) is 3.19. The SMILES string of the molecule is Fc1cccc(CC(CBr)Cc2c(F)cccc2F)c1. The van der Waals surface area contributed by atoms with Crippen molar-refractivity contribution in [1.29, 1.82) is 0 Å². The van der Waals surface area contributed by atoms with E-state index in [1.165, 1.54) is 30.3 Å². The van der Waals surface area contributed by atoms with Gasteiger partial charge in [-0.2, -0.15) is 0 Å². The molecule has 1 unspecified atom stereocenters. The average Bonchev–Trinajstić information content (AvgIpc) is 2.42. The van der Waals surface area contributed by atoms with Crippen LogP contribution in [0.1, 0.15) is 11.1 Å². The van der Waals surface area contributed by atoms with E-state index in [2.05, 4.69) is 15.9 Å². The van der Waals surface area contributed by atoms with E-state index >= 15 is 0 Å². The van der Waals surface area contributed by atoms with E-state index in [0.717, 1.165) is 5.56 Å². The van der Waals surface area contributed by atoms with E-state index in [1.807, 2.05) is 6.07 Å². The van der Waals surface area contributed by atoms with Crippen molar-refractivity contribution in [3.63, 3.8) is 0 Å². The van der Waals surface area contributed by atoms with Gasteiger partial charge in [-0.05, 0) is 48.6 Å². The molecular weight excluding hydrogens is 329 g/mol. The highest BCUT2D eigenvalue weighted by molar-refractivity contribution is 9.09. The summed E-state index contributed by atoms with van der Waals surface area (Å²) in [6, 6.07) is 10.1. The molecule has 0 aliphatic rings. The summed E-state index contributed by atoms with van der Waals surface area (Å²) in [4.78, 5) is 0. The van der Waals surface area contributed by atoms with Gasteiger partial charge in [0.2, 0.25) is 0 Å². The molecule has 0 spiro atoms. The van der Waals surface area contributed by atoms with Crippen molar-refractivity contribution in [2.45, 2.75) is 12.8 Å². The van der Waals surface area contributed by atoms with Gasteiger partial charge in [0, 0.05) is 10.9 Å². The first-order valence-corrected chi connectivity index (χ1v) is 7.45. The van der Waals surface area contributed by atoms with Gasteiger partial charge in [-0.3, -0.25) is 0 Å². The van der Waals surface area contributed by atoms with E-state index in [0.29, 0.717) is 11.8 Å². The molecule has 0 amide bonds. The Kier molecular flexibility index (Phi) is 5.24. The molecule has 0 aliphatic carbocycles. The molecule has 0 aromatic heterocycles. The second kappa shape index (κ2) is 6.93. The van der Waals surface area contributed by atoms with Gasteiger partial charge in [0.15, 0.2) is 0 Å². The van der Waals surface area contributed by atoms with Crippen LogP contribution in [0.4, 0.5) is 13.2 Å². The van der Waals surface area contributed by atoms with Crippen LogP contribution < -0.4 is 0 Å². The number of rotatable bonds is 5. The van der Waals surface area contributed by atoms with Crippen molar-refractivity contribution in [3.05, 3.63) is 71.0 Å². The van der Waals surface area contributed by atoms with Crippen molar-refractivity contribution >= 4 is 15.9 Å². The zero-order valence-corrected chi connectivity index (χ0v) is 12.3. The average molecular weight is 343 g/mol. The van der Waals surface area contributed by atoms with Crippen LogP contribution in [-0.2, 0) is 12.8 Å². The van der Waals surface area contributed by atoms with Crippen molar-refractivity contribution in [3.8, 4) is 0 Å². The smallest absolute Gasteiger partial charge is 0.129 e. The Balaban J connectivity index is 2.13. The fourth-order valence-electron chi connectivity index (χ4n) is 2.19. The summed E-state index contributed by atoms with van der Waals surface area (Å²) in [5, 5.41) is 0.595. The third-order valence-corrected chi connectivity index (χ3v) is 4.10. The molecule has 2 aromatic carbocycles. The summed E-state index contributed by atoms with van der Waals surface area (Å²) in [5.74, 6) is -1.36. The molecule has 0 saturated carbocycles. The monoisotopic (exact) mass is 342 g/mol. The Labute approximate surface area is 124 Å². The van der Waals surface area contributed by atoms with Crippen LogP contribution in [0, 0.1) is 23.4 Å². The second-order valence-corrected chi connectivity index (χ2v) is 5.41. The minimum Gasteiger partial charge on any atom is -0.207 e. The van der Waals surface area contributed by atoms with Gasteiger partial charge in [0.1, 0.15) is 17.5 Å². The maximum atomic E-state index is 13.6. The zero-order chi connectivity index (χ0) is 14.5. The maximum absolute atomic E-state index is 13.6. The lowest BCUT2D eigenvalue weighted by atomic mass is 9.93. The fraction of sp³-hybridized carbons (Fsp3) is 0.250. The number of halogens is 4. The van der Waals surface area contributed by atoms with Crippen LogP contribution in [0.5, 0.6) is 0 Å². The molecule has 0 nitrogen and oxygen atoms in total. The van der Waals surface area contributed by atoms with E-state index in [-0.39, 0.29) is 23.7 Å². The first kappa shape index (κ1) is 15.1. The van der Waals surface area contributed by atoms with Crippen LogP contribution in [0.2, 0.25) is 0 Å². The molecule has 0 saturated heterocycles. The van der Waals surface area contributed by atoms with Gasteiger partial charge in [0.05, 0.1) is 0 Å². The van der Waals surface area contributed by atoms with Crippen molar-refractivity contribution in [2.24, 2.45) is 5.92 Å². The molecule has 0 heterocycles. The Morgan fingerprint density at radius 1 is 0.900 bits per heavy atom. The molecule has 2 aromatic rings. The molecule has 0 aliphatic heterocycles. The maximum Gasteiger partial charge on any atom is 0.129 e. The van der Waals surface area contributed by atoms with E-state index < -0.39 is 11.6 Å². The summed E-state index contributed by atoms with van der Waals surface area (Å²) >= 11 is 3.36. The highest BCUT2D eigenvalue weighted by Crippen LogP contribution is 2.21. The second-order valence-electron chi connectivity index (χ2n) is 4.76. The molecule has 2 rings (SSSR count). The van der Waals surface area contributed by atoms with Crippen LogP contribution >= 0.6 is 15.9 Å². The summed E-state index contributed by atoms with van der Waals surface area (Å²) in [6.45, 7) is 0. The number of hydrogen-bond donors (Lipinski definition) is 0.